The number of nitro benzene ring substituents is 2. The molecule has 0 saturated heterocycles. The number of carbonyl (C=O) groups excluding carboxylic acids is 1. The second-order valence-electron chi connectivity index (χ2n) is 4.65. The lowest BCUT2D eigenvalue weighted by atomic mass is 10.1. The maximum absolute atomic E-state index is 12.3. The van der Waals surface area contributed by atoms with E-state index in [1.165, 1.54) is 0 Å². The predicted octanol–water partition coefficient (Wildman–Crippen LogP) is 3.83. The second kappa shape index (κ2) is 6.53. The van der Waals surface area contributed by atoms with Crippen LogP contribution in [0.4, 0.5) is 17.1 Å². The zero-order valence-corrected chi connectivity index (χ0v) is 13.4. The highest BCUT2D eigenvalue weighted by atomic mass is 79.9. The third-order valence-corrected chi connectivity index (χ3v) is 3.66. The van der Waals surface area contributed by atoms with Crippen LogP contribution in [0.3, 0.4) is 0 Å². The van der Waals surface area contributed by atoms with Crippen molar-refractivity contribution in [1.82, 2.24) is 0 Å². The Morgan fingerprint density at radius 2 is 1.78 bits per heavy atom. The Balaban J connectivity index is 2.38. The zero-order valence-electron chi connectivity index (χ0n) is 11.8. The summed E-state index contributed by atoms with van der Waals surface area (Å²) >= 11 is 3.29. The van der Waals surface area contributed by atoms with E-state index >= 15 is 0 Å². The molecule has 0 spiro atoms. The number of aryl methyl sites for hydroxylation is 1. The Labute approximate surface area is 138 Å². The SMILES string of the molecule is Cc1ccc(NC(=O)c2ccc([N+](=O)[O-])cc2[N+](=O)[O-])c(Br)c1. The molecular formula is C14H10BrN3O5. The van der Waals surface area contributed by atoms with Crippen LogP contribution in [0.1, 0.15) is 15.9 Å². The maximum Gasteiger partial charge on any atom is 0.289 e. The van der Waals surface area contributed by atoms with Crippen molar-refractivity contribution in [1.29, 1.82) is 0 Å². The summed E-state index contributed by atoms with van der Waals surface area (Å²) in [7, 11) is 0. The molecule has 0 bridgehead atoms. The van der Waals surface area contributed by atoms with Crippen molar-refractivity contribution in [3.8, 4) is 0 Å². The van der Waals surface area contributed by atoms with Crippen LogP contribution in [-0.4, -0.2) is 15.8 Å². The average molecular weight is 380 g/mol. The molecule has 0 aliphatic carbocycles. The number of hydrogen-bond donors (Lipinski definition) is 1. The fourth-order valence-corrected chi connectivity index (χ4v) is 2.48. The molecule has 8 nitrogen and oxygen atoms in total. The molecule has 0 saturated carbocycles. The summed E-state index contributed by atoms with van der Waals surface area (Å²) in [6, 6.07) is 8.07. The van der Waals surface area contributed by atoms with Crippen molar-refractivity contribution in [2.24, 2.45) is 0 Å². The first kappa shape index (κ1) is 16.6. The minimum Gasteiger partial charge on any atom is -0.321 e. The fraction of sp³-hybridized carbons (Fsp3) is 0.0714. The quantitative estimate of drug-likeness (QED) is 0.639. The Kier molecular flexibility index (Phi) is 4.70. The van der Waals surface area contributed by atoms with Gasteiger partial charge in [0, 0.05) is 10.5 Å². The average Bonchev–Trinajstić information content (AvgIpc) is 2.49. The van der Waals surface area contributed by atoms with E-state index in [1.807, 2.05) is 6.92 Å². The lowest BCUT2D eigenvalue weighted by Gasteiger charge is -2.08. The van der Waals surface area contributed by atoms with Crippen LogP contribution in [0.5, 0.6) is 0 Å². The third kappa shape index (κ3) is 3.69. The summed E-state index contributed by atoms with van der Waals surface area (Å²) in [6.45, 7) is 1.87. The number of halogens is 1. The van der Waals surface area contributed by atoms with Crippen LogP contribution >= 0.6 is 15.9 Å². The highest BCUT2D eigenvalue weighted by molar-refractivity contribution is 9.10. The lowest BCUT2D eigenvalue weighted by molar-refractivity contribution is -0.394. The number of nitrogens with one attached hydrogen (secondary N) is 1. The van der Waals surface area contributed by atoms with Gasteiger partial charge in [-0.2, -0.15) is 0 Å². The molecule has 0 heterocycles. The molecule has 1 amide bonds. The predicted molar refractivity (Wildman–Crippen MR) is 86.6 cm³/mol. The summed E-state index contributed by atoms with van der Waals surface area (Å²) in [5, 5.41) is 24.3. The topological polar surface area (TPSA) is 115 Å². The van der Waals surface area contributed by atoms with Gasteiger partial charge in [0.25, 0.3) is 17.3 Å². The first-order chi connectivity index (χ1) is 10.8. The fourth-order valence-electron chi connectivity index (χ4n) is 1.89. The van der Waals surface area contributed by atoms with E-state index in [-0.39, 0.29) is 5.56 Å². The number of nitro groups is 2. The van der Waals surface area contributed by atoms with Crippen molar-refractivity contribution >= 4 is 38.9 Å². The van der Waals surface area contributed by atoms with E-state index in [9.17, 15) is 25.0 Å². The monoisotopic (exact) mass is 379 g/mol. The van der Waals surface area contributed by atoms with Crippen LogP contribution in [0.2, 0.25) is 0 Å². The number of benzene rings is 2. The molecule has 118 valence electrons. The van der Waals surface area contributed by atoms with Gasteiger partial charge in [-0.3, -0.25) is 25.0 Å². The number of rotatable bonds is 4. The number of carbonyl (C=O) groups is 1. The minimum absolute atomic E-state index is 0.256. The van der Waals surface area contributed by atoms with Gasteiger partial charge in [-0.25, -0.2) is 0 Å². The van der Waals surface area contributed by atoms with Gasteiger partial charge in [-0.05, 0) is 46.6 Å². The second-order valence-corrected chi connectivity index (χ2v) is 5.51. The Morgan fingerprint density at radius 3 is 2.35 bits per heavy atom. The van der Waals surface area contributed by atoms with Crippen molar-refractivity contribution in [2.45, 2.75) is 6.92 Å². The van der Waals surface area contributed by atoms with Gasteiger partial charge < -0.3 is 5.32 Å². The Hall–Kier alpha value is -2.81. The van der Waals surface area contributed by atoms with Crippen LogP contribution in [0.25, 0.3) is 0 Å². The van der Waals surface area contributed by atoms with Crippen LogP contribution in [-0.2, 0) is 0 Å². The first-order valence-electron chi connectivity index (χ1n) is 6.30. The van der Waals surface area contributed by atoms with Gasteiger partial charge in [0.15, 0.2) is 0 Å². The number of amides is 1. The number of hydrogen-bond acceptors (Lipinski definition) is 5. The Morgan fingerprint density at radius 1 is 1.09 bits per heavy atom. The van der Waals surface area contributed by atoms with Gasteiger partial charge in [-0.15, -0.1) is 0 Å². The van der Waals surface area contributed by atoms with Gasteiger partial charge >= 0.3 is 0 Å². The van der Waals surface area contributed by atoms with E-state index in [1.54, 1.807) is 18.2 Å². The molecule has 0 aromatic heterocycles. The maximum atomic E-state index is 12.3. The normalized spacial score (nSPS) is 10.2. The molecule has 0 fully saturated rings. The molecular weight excluding hydrogens is 370 g/mol. The number of anilines is 1. The van der Waals surface area contributed by atoms with Crippen LogP contribution in [0, 0.1) is 27.2 Å². The molecule has 2 rings (SSSR count). The van der Waals surface area contributed by atoms with Gasteiger partial charge in [-0.1, -0.05) is 6.07 Å². The standard InChI is InChI=1S/C14H10BrN3O5/c1-8-2-5-12(11(15)6-8)16-14(19)10-4-3-9(17(20)21)7-13(10)18(22)23/h2-7H,1H3,(H,16,19). The van der Waals surface area contributed by atoms with E-state index in [0.29, 0.717) is 10.2 Å². The molecule has 23 heavy (non-hydrogen) atoms. The smallest absolute Gasteiger partial charge is 0.289 e. The van der Waals surface area contributed by atoms with Gasteiger partial charge in [0.1, 0.15) is 5.56 Å². The Bertz CT molecular complexity index is 822. The molecule has 2 aromatic rings. The first-order valence-corrected chi connectivity index (χ1v) is 7.09. The van der Waals surface area contributed by atoms with Crippen LogP contribution in [0.15, 0.2) is 40.9 Å². The highest BCUT2D eigenvalue weighted by Crippen LogP contribution is 2.28. The molecule has 0 aliphatic heterocycles. The summed E-state index contributed by atoms with van der Waals surface area (Å²) < 4.78 is 0.621. The molecule has 0 aliphatic rings. The molecule has 1 N–H and O–H groups in total. The van der Waals surface area contributed by atoms with Crippen molar-refractivity contribution < 1.29 is 14.6 Å². The highest BCUT2D eigenvalue weighted by Gasteiger charge is 2.24. The lowest BCUT2D eigenvalue weighted by Crippen LogP contribution is -2.14. The summed E-state index contributed by atoms with van der Waals surface area (Å²) in [6.07, 6.45) is 0. The summed E-state index contributed by atoms with van der Waals surface area (Å²) in [5.74, 6) is -0.726. The molecule has 9 heteroatoms. The van der Waals surface area contributed by atoms with Gasteiger partial charge in [0.2, 0.25) is 0 Å². The van der Waals surface area contributed by atoms with Crippen molar-refractivity contribution in [3.05, 3.63) is 72.2 Å². The molecule has 0 radical (unpaired) electrons. The zero-order chi connectivity index (χ0) is 17.1. The summed E-state index contributed by atoms with van der Waals surface area (Å²) in [5.41, 5.74) is 0.0715. The molecule has 0 unspecified atom stereocenters. The van der Waals surface area contributed by atoms with E-state index in [2.05, 4.69) is 21.2 Å². The number of nitrogens with zero attached hydrogens (tertiary/aromatic N) is 2. The van der Waals surface area contributed by atoms with Crippen molar-refractivity contribution in [2.75, 3.05) is 5.32 Å². The van der Waals surface area contributed by atoms with Gasteiger partial charge in [0.05, 0.1) is 21.6 Å². The number of non-ortho nitro benzene ring substituents is 1. The van der Waals surface area contributed by atoms with E-state index < -0.39 is 27.1 Å². The van der Waals surface area contributed by atoms with Crippen LogP contribution < -0.4 is 5.32 Å². The van der Waals surface area contributed by atoms with Crippen molar-refractivity contribution in [3.63, 3.8) is 0 Å². The van der Waals surface area contributed by atoms with E-state index in [4.69, 9.17) is 0 Å². The third-order valence-electron chi connectivity index (χ3n) is 3.01. The summed E-state index contributed by atoms with van der Waals surface area (Å²) in [4.78, 5) is 32.4. The molecule has 0 atom stereocenters. The largest absolute Gasteiger partial charge is 0.321 e. The minimum atomic E-state index is -0.827. The van der Waals surface area contributed by atoms with E-state index in [0.717, 1.165) is 23.8 Å². The molecule has 2 aromatic carbocycles.